The summed E-state index contributed by atoms with van der Waals surface area (Å²) in [6.07, 6.45) is 0. The molecule has 0 amide bonds. The first-order valence-corrected chi connectivity index (χ1v) is 5.70. The lowest BCUT2D eigenvalue weighted by molar-refractivity contribution is 1.14. The van der Waals surface area contributed by atoms with Crippen LogP contribution in [0.25, 0.3) is 10.7 Å². The molecule has 0 unspecified atom stereocenters. The molecule has 0 aliphatic carbocycles. The van der Waals surface area contributed by atoms with Crippen LogP contribution in [0.5, 0.6) is 0 Å². The molecule has 0 saturated heterocycles. The summed E-state index contributed by atoms with van der Waals surface area (Å²) < 4.78 is 0.835. The number of aromatic nitrogens is 2. The quantitative estimate of drug-likeness (QED) is 0.739. The van der Waals surface area contributed by atoms with E-state index in [2.05, 4.69) is 35.2 Å². The van der Waals surface area contributed by atoms with E-state index in [9.17, 15) is 0 Å². The van der Waals surface area contributed by atoms with Crippen molar-refractivity contribution in [2.24, 2.45) is 0 Å². The summed E-state index contributed by atoms with van der Waals surface area (Å²) in [5.74, 6) is 0. The van der Waals surface area contributed by atoms with Gasteiger partial charge in [-0.25, -0.2) is 9.97 Å². The van der Waals surface area contributed by atoms with Crippen LogP contribution in [-0.2, 0) is 0 Å². The molecule has 12 heavy (non-hydrogen) atoms. The molecule has 2 heterocycles. The Morgan fingerprint density at radius 1 is 1.33 bits per heavy atom. The molecule has 6 heteroatoms. The minimum absolute atomic E-state index is 0.673. The molecule has 0 aromatic carbocycles. The molecule has 2 aromatic heterocycles. The van der Waals surface area contributed by atoms with Crippen LogP contribution in [0.4, 0.5) is 0 Å². The van der Waals surface area contributed by atoms with Gasteiger partial charge < -0.3 is 0 Å². The molecule has 0 aliphatic heterocycles. The highest BCUT2D eigenvalue weighted by Gasteiger charge is 2.07. The first-order valence-electron chi connectivity index (χ1n) is 3.04. The predicted molar refractivity (Wildman–Crippen MR) is 57.7 cm³/mol. The van der Waals surface area contributed by atoms with Gasteiger partial charge in [0.25, 0.3) is 0 Å². The Balaban J connectivity index is 2.48. The van der Waals surface area contributed by atoms with Gasteiger partial charge in [0.2, 0.25) is 0 Å². The summed E-state index contributed by atoms with van der Waals surface area (Å²) in [6.45, 7) is 0. The third-order valence-electron chi connectivity index (χ3n) is 1.24. The second kappa shape index (κ2) is 3.37. The Kier molecular flexibility index (Phi) is 2.40. The van der Waals surface area contributed by atoms with E-state index >= 15 is 0 Å². The largest absolute Gasteiger partial charge is 0.242 e. The van der Waals surface area contributed by atoms with Gasteiger partial charge in [-0.15, -0.1) is 47.9 Å². The van der Waals surface area contributed by atoms with Gasteiger partial charge in [-0.3, -0.25) is 0 Å². The number of thiol groups is 2. The summed E-state index contributed by atoms with van der Waals surface area (Å²) >= 11 is 11.4. The number of rotatable bonds is 1. The lowest BCUT2D eigenvalue weighted by Crippen LogP contribution is -1.72. The molecular formula is C6H4N2S4. The van der Waals surface area contributed by atoms with Crippen molar-refractivity contribution in [3.05, 3.63) is 10.9 Å². The lowest BCUT2D eigenvalue weighted by atomic mass is 10.5. The van der Waals surface area contributed by atoms with Crippen molar-refractivity contribution in [2.45, 2.75) is 9.24 Å². The zero-order valence-corrected chi connectivity index (χ0v) is 9.18. The molecule has 0 radical (unpaired) electrons. The van der Waals surface area contributed by atoms with E-state index < -0.39 is 0 Å². The van der Waals surface area contributed by atoms with Gasteiger partial charge in [0.05, 0.1) is 9.72 Å². The number of hydrogen-bond acceptors (Lipinski definition) is 6. The summed E-state index contributed by atoms with van der Waals surface area (Å²) in [6, 6.07) is 0. The third-order valence-corrected chi connectivity index (χ3v) is 3.85. The van der Waals surface area contributed by atoms with Crippen molar-refractivity contribution >= 4 is 47.9 Å². The monoisotopic (exact) mass is 232 g/mol. The van der Waals surface area contributed by atoms with Gasteiger partial charge in [0, 0.05) is 5.38 Å². The molecule has 0 spiro atoms. The van der Waals surface area contributed by atoms with Crippen molar-refractivity contribution in [1.82, 2.24) is 9.97 Å². The summed E-state index contributed by atoms with van der Waals surface area (Å²) in [4.78, 5) is 8.34. The highest BCUT2D eigenvalue weighted by molar-refractivity contribution is 7.85. The fourth-order valence-corrected chi connectivity index (χ4v) is 2.63. The SMILES string of the molecule is Sc1nc(-c2cscn2)sc1S. The minimum atomic E-state index is 0.673. The fraction of sp³-hybridized carbons (Fsp3) is 0. The van der Waals surface area contributed by atoms with Crippen LogP contribution in [0.2, 0.25) is 0 Å². The molecule has 2 nitrogen and oxygen atoms in total. The molecule has 2 rings (SSSR count). The molecule has 62 valence electrons. The van der Waals surface area contributed by atoms with Crippen LogP contribution in [0.15, 0.2) is 20.1 Å². The fourth-order valence-electron chi connectivity index (χ4n) is 0.732. The molecule has 0 fully saturated rings. The molecule has 0 N–H and O–H groups in total. The average Bonchev–Trinajstić information content (AvgIpc) is 2.61. The number of nitrogens with zero attached hydrogens (tertiary/aromatic N) is 2. The predicted octanol–water partition coefficient (Wildman–Crippen LogP) is 2.84. The average molecular weight is 232 g/mol. The normalized spacial score (nSPS) is 10.5. The van der Waals surface area contributed by atoms with E-state index in [-0.39, 0.29) is 0 Å². The van der Waals surface area contributed by atoms with Crippen LogP contribution in [-0.4, -0.2) is 9.97 Å². The van der Waals surface area contributed by atoms with E-state index in [0.717, 1.165) is 14.9 Å². The van der Waals surface area contributed by atoms with Gasteiger partial charge in [0.1, 0.15) is 15.7 Å². The summed E-state index contributed by atoms with van der Waals surface area (Å²) in [7, 11) is 0. The summed E-state index contributed by atoms with van der Waals surface area (Å²) in [5.41, 5.74) is 2.69. The van der Waals surface area contributed by atoms with Crippen molar-refractivity contribution in [2.75, 3.05) is 0 Å². The Morgan fingerprint density at radius 3 is 2.67 bits per heavy atom. The van der Waals surface area contributed by atoms with Crippen LogP contribution in [0, 0.1) is 0 Å². The van der Waals surface area contributed by atoms with E-state index in [0.29, 0.717) is 5.03 Å². The zero-order valence-electron chi connectivity index (χ0n) is 5.76. The summed E-state index contributed by atoms with van der Waals surface area (Å²) in [5, 5.41) is 3.51. The minimum Gasteiger partial charge on any atom is -0.242 e. The van der Waals surface area contributed by atoms with Crippen LogP contribution in [0.3, 0.4) is 0 Å². The van der Waals surface area contributed by atoms with Crippen molar-refractivity contribution in [3.8, 4) is 10.7 Å². The Hall–Kier alpha value is -0.0400. The standard InChI is InChI=1S/C6H4N2S4/c9-4-6(10)12-5(8-4)3-1-11-2-7-3/h1-2,9-10H. The topological polar surface area (TPSA) is 25.8 Å². The van der Waals surface area contributed by atoms with Crippen LogP contribution >= 0.6 is 47.9 Å². The van der Waals surface area contributed by atoms with Crippen LogP contribution < -0.4 is 0 Å². The first kappa shape index (κ1) is 8.55. The molecule has 2 aromatic rings. The second-order valence-electron chi connectivity index (χ2n) is 2.02. The molecule has 0 bridgehead atoms. The van der Waals surface area contributed by atoms with Crippen molar-refractivity contribution < 1.29 is 0 Å². The van der Waals surface area contributed by atoms with Crippen molar-refractivity contribution in [3.63, 3.8) is 0 Å². The Bertz CT molecular complexity index is 359. The van der Waals surface area contributed by atoms with Crippen LogP contribution in [0.1, 0.15) is 0 Å². The maximum atomic E-state index is 4.21. The van der Waals surface area contributed by atoms with Gasteiger partial charge >= 0.3 is 0 Å². The smallest absolute Gasteiger partial charge is 0.145 e. The van der Waals surface area contributed by atoms with E-state index in [4.69, 9.17) is 0 Å². The highest BCUT2D eigenvalue weighted by Crippen LogP contribution is 2.31. The van der Waals surface area contributed by atoms with Gasteiger partial charge in [-0.05, 0) is 0 Å². The Labute approximate surface area is 88.5 Å². The first-order chi connectivity index (χ1) is 5.77. The van der Waals surface area contributed by atoms with E-state index in [1.807, 2.05) is 5.38 Å². The molecule has 0 atom stereocenters. The highest BCUT2D eigenvalue weighted by atomic mass is 32.2. The zero-order chi connectivity index (χ0) is 8.55. The van der Waals surface area contributed by atoms with E-state index in [1.54, 1.807) is 16.8 Å². The van der Waals surface area contributed by atoms with Crippen molar-refractivity contribution in [1.29, 1.82) is 0 Å². The van der Waals surface area contributed by atoms with Gasteiger partial charge in [0.15, 0.2) is 0 Å². The van der Waals surface area contributed by atoms with Gasteiger partial charge in [-0.1, -0.05) is 0 Å². The third kappa shape index (κ3) is 1.52. The molecular weight excluding hydrogens is 228 g/mol. The van der Waals surface area contributed by atoms with E-state index in [1.165, 1.54) is 11.3 Å². The number of thiazole rings is 2. The number of hydrogen-bond donors (Lipinski definition) is 2. The Morgan fingerprint density at radius 2 is 2.17 bits per heavy atom. The molecule has 0 saturated carbocycles. The lowest BCUT2D eigenvalue weighted by Gasteiger charge is -1.83. The maximum Gasteiger partial charge on any atom is 0.145 e. The second-order valence-corrected chi connectivity index (χ2v) is 4.91. The molecule has 0 aliphatic rings. The maximum absolute atomic E-state index is 4.21. The van der Waals surface area contributed by atoms with Gasteiger partial charge in [-0.2, -0.15) is 0 Å².